The van der Waals surface area contributed by atoms with Crippen LogP contribution in [0, 0.1) is 5.92 Å². The highest BCUT2D eigenvalue weighted by Crippen LogP contribution is 2.42. The van der Waals surface area contributed by atoms with Gasteiger partial charge >= 0.3 is 6.18 Å². The number of ketones is 1. The first kappa shape index (κ1) is 22.6. The van der Waals surface area contributed by atoms with E-state index in [2.05, 4.69) is 5.10 Å². The van der Waals surface area contributed by atoms with Gasteiger partial charge < -0.3 is 9.64 Å². The maximum absolute atomic E-state index is 13.7. The van der Waals surface area contributed by atoms with E-state index in [4.69, 9.17) is 4.74 Å². The maximum atomic E-state index is 13.7. The molecule has 0 aliphatic carbocycles. The van der Waals surface area contributed by atoms with Crippen LogP contribution in [0.4, 0.5) is 18.9 Å². The quantitative estimate of drug-likeness (QED) is 0.540. The molecule has 0 radical (unpaired) electrons. The van der Waals surface area contributed by atoms with Crippen LogP contribution in [0.1, 0.15) is 46.9 Å². The van der Waals surface area contributed by atoms with Crippen molar-refractivity contribution in [1.29, 1.82) is 0 Å². The Morgan fingerprint density at radius 3 is 2.70 bits per heavy atom. The van der Waals surface area contributed by atoms with Crippen molar-refractivity contribution in [2.45, 2.75) is 32.6 Å². The lowest BCUT2D eigenvalue weighted by Crippen LogP contribution is -2.32. The van der Waals surface area contributed by atoms with E-state index in [1.165, 1.54) is 4.90 Å². The first-order valence-corrected chi connectivity index (χ1v) is 10.4. The fourth-order valence-corrected chi connectivity index (χ4v) is 4.03. The van der Waals surface area contributed by atoms with E-state index < -0.39 is 23.3 Å². The van der Waals surface area contributed by atoms with Crippen molar-refractivity contribution in [1.82, 2.24) is 10.2 Å². The van der Waals surface area contributed by atoms with Gasteiger partial charge in [-0.2, -0.15) is 18.3 Å². The molecule has 6 nitrogen and oxygen atoms in total. The number of H-pyrrole nitrogens is 1. The van der Waals surface area contributed by atoms with E-state index in [0.29, 0.717) is 11.3 Å². The molecule has 9 heteroatoms. The number of halogens is 3. The van der Waals surface area contributed by atoms with Gasteiger partial charge in [0, 0.05) is 18.0 Å². The Labute approximate surface area is 188 Å². The number of anilines is 1. The third-order valence-electron chi connectivity index (χ3n) is 5.61. The van der Waals surface area contributed by atoms with Crippen LogP contribution in [0.15, 0.2) is 59.5 Å². The minimum absolute atomic E-state index is 0.0143. The van der Waals surface area contributed by atoms with E-state index in [-0.39, 0.29) is 30.5 Å². The molecule has 1 unspecified atom stereocenters. The molecule has 1 atom stereocenters. The molecule has 3 aromatic rings. The summed E-state index contributed by atoms with van der Waals surface area (Å²) in [6, 6.07) is 13.4. The molecule has 4 rings (SSSR count). The van der Waals surface area contributed by atoms with Gasteiger partial charge in [-0.15, -0.1) is 0 Å². The zero-order valence-electron chi connectivity index (χ0n) is 18.0. The number of benzene rings is 2. The lowest BCUT2D eigenvalue weighted by Gasteiger charge is -2.29. The molecule has 2 heterocycles. The molecular weight excluding hydrogens is 435 g/mol. The molecule has 1 aliphatic rings. The number of alkyl halides is 3. The molecule has 2 aromatic carbocycles. The minimum atomic E-state index is -4.85. The van der Waals surface area contributed by atoms with Crippen LogP contribution in [0.3, 0.4) is 0 Å². The van der Waals surface area contributed by atoms with Gasteiger partial charge in [0.2, 0.25) is 0 Å². The first-order valence-electron chi connectivity index (χ1n) is 10.4. The van der Waals surface area contributed by atoms with Gasteiger partial charge in [-0.3, -0.25) is 9.59 Å². The second-order valence-electron chi connectivity index (χ2n) is 8.16. The Kier molecular flexibility index (Phi) is 5.97. The molecule has 0 saturated heterocycles. The predicted octanol–water partition coefficient (Wildman–Crippen LogP) is 4.77. The average molecular weight is 457 g/mol. The Balaban J connectivity index is 1.68. The topological polar surface area (TPSA) is 75.3 Å². The maximum Gasteiger partial charge on any atom is 0.423 e. The summed E-state index contributed by atoms with van der Waals surface area (Å²) < 4.78 is 47.1. The van der Waals surface area contributed by atoms with E-state index >= 15 is 0 Å². The predicted molar refractivity (Wildman–Crippen MR) is 116 cm³/mol. The number of hydrogen-bond donors (Lipinski definition) is 1. The monoisotopic (exact) mass is 457 g/mol. The van der Waals surface area contributed by atoms with Crippen molar-refractivity contribution in [2.75, 3.05) is 11.5 Å². The van der Waals surface area contributed by atoms with Crippen LogP contribution in [-0.4, -0.2) is 22.6 Å². The normalized spacial score (nSPS) is 15.6. The smallest absolute Gasteiger partial charge is 0.423 e. The SMILES string of the molecule is CC(C)C(=O)c1cccc(OCC2c3ccccc3CN2c2cn[nH]c(=O)c2C(F)(F)F)c1. The number of Topliss-reactive ketones (excluding diaryl/α,β-unsaturated/α-hetero) is 1. The van der Waals surface area contributed by atoms with Gasteiger partial charge in [-0.1, -0.05) is 50.2 Å². The Bertz CT molecular complexity index is 1240. The number of fused-ring (bicyclic) bond motifs is 1. The number of aromatic amines is 1. The van der Waals surface area contributed by atoms with Crippen molar-refractivity contribution >= 4 is 11.5 Å². The standard InChI is InChI=1S/C24H22F3N3O3/c1-14(2)22(31)15-7-5-8-17(10-15)33-13-20-18-9-4-3-6-16(18)12-30(20)19-11-28-29-23(32)21(19)24(25,26)27/h3-11,14,20H,12-13H2,1-2H3,(H,29,32). The molecule has 0 saturated carbocycles. The zero-order chi connectivity index (χ0) is 23.8. The highest BCUT2D eigenvalue weighted by molar-refractivity contribution is 5.97. The van der Waals surface area contributed by atoms with Crippen LogP contribution in [0.2, 0.25) is 0 Å². The van der Waals surface area contributed by atoms with E-state index in [1.807, 2.05) is 23.3 Å². The highest BCUT2D eigenvalue weighted by Gasteiger charge is 2.42. The van der Waals surface area contributed by atoms with E-state index in [9.17, 15) is 22.8 Å². The molecule has 0 amide bonds. The molecule has 172 valence electrons. The van der Waals surface area contributed by atoms with Crippen molar-refractivity contribution in [3.8, 4) is 5.75 Å². The third-order valence-corrected chi connectivity index (χ3v) is 5.61. The lowest BCUT2D eigenvalue weighted by molar-refractivity contribution is -0.138. The summed E-state index contributed by atoms with van der Waals surface area (Å²) in [5.74, 6) is 0.227. The minimum Gasteiger partial charge on any atom is -0.491 e. The van der Waals surface area contributed by atoms with Crippen molar-refractivity contribution in [3.05, 3.63) is 87.3 Å². The Morgan fingerprint density at radius 2 is 1.97 bits per heavy atom. The molecule has 0 spiro atoms. The summed E-state index contributed by atoms with van der Waals surface area (Å²) in [6.07, 6.45) is -3.83. The number of carbonyl (C=O) groups excluding carboxylic acids is 1. The van der Waals surface area contributed by atoms with E-state index in [1.54, 1.807) is 44.2 Å². The Hall–Kier alpha value is -3.62. The summed E-state index contributed by atoms with van der Waals surface area (Å²) in [4.78, 5) is 25.8. The van der Waals surface area contributed by atoms with Crippen LogP contribution in [0.5, 0.6) is 5.75 Å². The lowest BCUT2D eigenvalue weighted by atomic mass is 10.0. The van der Waals surface area contributed by atoms with Crippen LogP contribution >= 0.6 is 0 Å². The largest absolute Gasteiger partial charge is 0.491 e. The van der Waals surface area contributed by atoms with Gasteiger partial charge in [0.1, 0.15) is 17.9 Å². The van der Waals surface area contributed by atoms with Gasteiger partial charge in [0.05, 0.1) is 17.9 Å². The highest BCUT2D eigenvalue weighted by atomic mass is 19.4. The number of nitrogens with zero attached hydrogens (tertiary/aromatic N) is 2. The van der Waals surface area contributed by atoms with Crippen molar-refractivity contribution < 1.29 is 22.7 Å². The summed E-state index contributed by atoms with van der Waals surface area (Å²) >= 11 is 0. The van der Waals surface area contributed by atoms with Gasteiger partial charge in [-0.05, 0) is 23.3 Å². The average Bonchev–Trinajstić information content (AvgIpc) is 3.14. The molecule has 0 fully saturated rings. The second kappa shape index (κ2) is 8.73. The fraction of sp³-hybridized carbons (Fsp3) is 0.292. The molecule has 33 heavy (non-hydrogen) atoms. The zero-order valence-corrected chi connectivity index (χ0v) is 18.0. The number of rotatable bonds is 6. The van der Waals surface area contributed by atoms with Crippen LogP contribution in [0.25, 0.3) is 0 Å². The van der Waals surface area contributed by atoms with E-state index in [0.717, 1.165) is 17.3 Å². The number of aromatic nitrogens is 2. The molecule has 1 aromatic heterocycles. The summed E-state index contributed by atoms with van der Waals surface area (Å²) in [7, 11) is 0. The molecule has 1 aliphatic heterocycles. The van der Waals surface area contributed by atoms with Gasteiger partial charge in [-0.25, -0.2) is 5.10 Å². The van der Waals surface area contributed by atoms with Crippen LogP contribution in [-0.2, 0) is 12.7 Å². The van der Waals surface area contributed by atoms with Crippen molar-refractivity contribution in [2.24, 2.45) is 5.92 Å². The van der Waals surface area contributed by atoms with Crippen molar-refractivity contribution in [3.63, 3.8) is 0 Å². The number of nitrogens with one attached hydrogen (secondary N) is 1. The van der Waals surface area contributed by atoms with Gasteiger partial charge in [0.15, 0.2) is 5.78 Å². The summed E-state index contributed by atoms with van der Waals surface area (Å²) in [6.45, 7) is 3.79. The molecule has 0 bridgehead atoms. The molecular formula is C24H22F3N3O3. The Morgan fingerprint density at radius 1 is 1.21 bits per heavy atom. The number of hydrogen-bond acceptors (Lipinski definition) is 5. The van der Waals surface area contributed by atoms with Crippen LogP contribution < -0.4 is 15.2 Å². The third kappa shape index (κ3) is 4.48. The number of ether oxygens (including phenoxy) is 1. The first-order chi connectivity index (χ1) is 15.7. The summed E-state index contributed by atoms with van der Waals surface area (Å²) in [5, 5.41) is 5.48. The second-order valence-corrected chi connectivity index (χ2v) is 8.16. The number of carbonyl (C=O) groups is 1. The fourth-order valence-electron chi connectivity index (χ4n) is 4.03. The summed E-state index contributed by atoms with van der Waals surface area (Å²) in [5.41, 5.74) is -0.747. The van der Waals surface area contributed by atoms with Gasteiger partial charge in [0.25, 0.3) is 5.56 Å². The molecule has 1 N–H and O–H groups in total.